The third-order valence-corrected chi connectivity index (χ3v) is 6.75. The summed E-state index contributed by atoms with van der Waals surface area (Å²) in [5.41, 5.74) is 9.11. The van der Waals surface area contributed by atoms with E-state index in [1.54, 1.807) is 37.5 Å². The second-order valence-corrected chi connectivity index (χ2v) is 9.31. The number of nitrogen functional groups attached to an aromatic ring is 1. The van der Waals surface area contributed by atoms with Crippen LogP contribution in [0.25, 0.3) is 33.2 Å². The van der Waals surface area contributed by atoms with Crippen LogP contribution in [0.5, 0.6) is 0 Å². The highest BCUT2D eigenvalue weighted by Gasteiger charge is 2.25. The van der Waals surface area contributed by atoms with Gasteiger partial charge < -0.3 is 15.5 Å². The number of carbonyl (C=O) groups is 1. The minimum Gasteiger partial charge on any atom is -0.383 e. The Morgan fingerprint density at radius 3 is 2.60 bits per heavy atom. The smallest absolute Gasteiger partial charge is 0.319 e. The zero-order valence-electron chi connectivity index (χ0n) is 19.4. The molecule has 5 rings (SSSR count). The summed E-state index contributed by atoms with van der Waals surface area (Å²) in [5.74, 6) is -0.0638. The molecule has 0 unspecified atom stereocenters. The maximum Gasteiger partial charge on any atom is 0.319 e. The number of fused-ring (bicyclic) bond motifs is 1. The number of amides is 2. The first-order valence-corrected chi connectivity index (χ1v) is 11.7. The first-order chi connectivity index (χ1) is 16.8. The Hall–Kier alpha value is -3.72. The van der Waals surface area contributed by atoms with Gasteiger partial charge in [0.15, 0.2) is 0 Å². The van der Waals surface area contributed by atoms with E-state index in [4.69, 9.17) is 17.3 Å². The number of nitrogens with zero attached hydrogens (tertiary/aromatic N) is 6. The molecule has 1 saturated heterocycles. The lowest BCUT2D eigenvalue weighted by Gasteiger charge is -2.33. The summed E-state index contributed by atoms with van der Waals surface area (Å²) in [6.45, 7) is 1.39. The molecule has 0 atom stereocenters. The molecule has 0 saturated carbocycles. The number of nitrogens with two attached hydrogens (primary N) is 1. The lowest BCUT2D eigenvalue weighted by molar-refractivity contribution is 0.146. The van der Waals surface area contributed by atoms with Crippen molar-refractivity contribution in [3.8, 4) is 22.4 Å². The summed E-state index contributed by atoms with van der Waals surface area (Å²) in [5, 5.41) is 5.93. The van der Waals surface area contributed by atoms with Crippen LogP contribution in [0.3, 0.4) is 0 Å². The summed E-state index contributed by atoms with van der Waals surface area (Å²) >= 11 is 6.30. The van der Waals surface area contributed by atoms with Crippen molar-refractivity contribution in [3.05, 3.63) is 59.9 Å². The number of aromatic nitrogens is 4. The molecule has 0 bridgehead atoms. The quantitative estimate of drug-likeness (QED) is 0.440. The van der Waals surface area contributed by atoms with Crippen molar-refractivity contribution in [2.75, 3.05) is 32.9 Å². The molecule has 2 amide bonds. The molecule has 4 heterocycles. The molecule has 8 nitrogen and oxygen atoms in total. The Labute approximate surface area is 207 Å². The highest BCUT2D eigenvalue weighted by molar-refractivity contribution is 6.35. The highest BCUT2D eigenvalue weighted by atomic mass is 35.5. The van der Waals surface area contributed by atoms with E-state index in [-0.39, 0.29) is 17.9 Å². The molecule has 3 aromatic heterocycles. The molecule has 0 radical (unpaired) electrons. The fourth-order valence-corrected chi connectivity index (χ4v) is 4.67. The van der Waals surface area contributed by atoms with Gasteiger partial charge in [-0.3, -0.25) is 9.67 Å². The van der Waals surface area contributed by atoms with E-state index in [1.165, 1.54) is 18.3 Å². The predicted molar refractivity (Wildman–Crippen MR) is 135 cm³/mol. The molecule has 1 fully saturated rings. The number of benzene rings is 1. The average molecular weight is 494 g/mol. The van der Waals surface area contributed by atoms with Crippen LogP contribution in [-0.2, 0) is 0 Å². The summed E-state index contributed by atoms with van der Waals surface area (Å²) in [4.78, 5) is 24.4. The molecule has 1 aliphatic heterocycles. The van der Waals surface area contributed by atoms with Crippen molar-refractivity contribution in [2.24, 2.45) is 0 Å². The van der Waals surface area contributed by atoms with E-state index < -0.39 is 0 Å². The highest BCUT2D eigenvalue weighted by Crippen LogP contribution is 2.33. The zero-order chi connectivity index (χ0) is 24.7. The van der Waals surface area contributed by atoms with Crippen molar-refractivity contribution in [2.45, 2.75) is 18.9 Å². The van der Waals surface area contributed by atoms with E-state index in [0.29, 0.717) is 46.0 Å². The average Bonchev–Trinajstić information content (AvgIpc) is 3.36. The first kappa shape index (κ1) is 23.0. The van der Waals surface area contributed by atoms with E-state index in [9.17, 15) is 9.18 Å². The van der Waals surface area contributed by atoms with Crippen LogP contribution in [0, 0.1) is 5.82 Å². The molecule has 2 N–H and O–H groups in total. The maximum atomic E-state index is 14.2. The molecule has 1 aromatic carbocycles. The number of anilines is 1. The molecule has 10 heteroatoms. The number of halogens is 2. The van der Waals surface area contributed by atoms with E-state index >= 15 is 0 Å². The standard InChI is InChI=1S/C25H25ClFN7O/c1-32(2)25(35)33-7-5-17(6-8-33)34-14-16(12-31-34)15-9-19(24(28)30-11-15)23-10-18-20(13-29-23)22(27)4-3-21(18)26/h3-4,9-14,17H,5-8H2,1-2H3,(H2,28,30). The second-order valence-electron chi connectivity index (χ2n) is 8.91. The first-order valence-electron chi connectivity index (χ1n) is 11.3. The minimum atomic E-state index is -0.382. The summed E-state index contributed by atoms with van der Waals surface area (Å²) in [7, 11) is 3.53. The summed E-state index contributed by atoms with van der Waals surface area (Å²) in [6, 6.07) is 6.74. The number of hydrogen-bond donors (Lipinski definition) is 1. The number of rotatable bonds is 3. The molecule has 4 aromatic rings. The molecule has 180 valence electrons. The van der Waals surface area contributed by atoms with Gasteiger partial charge in [0.2, 0.25) is 0 Å². The van der Waals surface area contributed by atoms with Gasteiger partial charge in [-0.1, -0.05) is 11.6 Å². The Kier molecular flexibility index (Phi) is 6.02. The van der Waals surface area contributed by atoms with Crippen molar-refractivity contribution in [3.63, 3.8) is 0 Å². The minimum absolute atomic E-state index is 0.0383. The Morgan fingerprint density at radius 2 is 1.86 bits per heavy atom. The monoisotopic (exact) mass is 493 g/mol. The van der Waals surface area contributed by atoms with Gasteiger partial charge in [-0.05, 0) is 37.1 Å². The lowest BCUT2D eigenvalue weighted by atomic mass is 10.0. The van der Waals surface area contributed by atoms with Crippen LogP contribution < -0.4 is 5.73 Å². The third kappa shape index (κ3) is 4.39. The summed E-state index contributed by atoms with van der Waals surface area (Å²) < 4.78 is 16.1. The molecule has 0 aliphatic carbocycles. The Balaban J connectivity index is 1.40. The molecular formula is C25H25ClFN7O. The van der Waals surface area contributed by atoms with Crippen molar-refractivity contribution in [1.29, 1.82) is 0 Å². The Bertz CT molecular complexity index is 1410. The predicted octanol–water partition coefficient (Wildman–Crippen LogP) is 4.85. The normalized spacial score (nSPS) is 14.5. The number of hydrogen-bond acceptors (Lipinski definition) is 5. The fraction of sp³-hybridized carbons (Fsp3) is 0.280. The van der Waals surface area contributed by atoms with E-state index in [2.05, 4.69) is 15.1 Å². The molecule has 35 heavy (non-hydrogen) atoms. The van der Waals surface area contributed by atoms with Gasteiger partial charge in [-0.25, -0.2) is 14.2 Å². The number of urea groups is 1. The maximum absolute atomic E-state index is 14.2. The molecule has 0 spiro atoms. The van der Waals surface area contributed by atoms with Gasteiger partial charge >= 0.3 is 6.03 Å². The summed E-state index contributed by atoms with van der Waals surface area (Å²) in [6.07, 6.45) is 8.63. The van der Waals surface area contributed by atoms with Gasteiger partial charge in [0.25, 0.3) is 0 Å². The zero-order valence-corrected chi connectivity index (χ0v) is 20.2. The number of piperidine rings is 1. The van der Waals surface area contributed by atoms with Crippen LogP contribution in [0.1, 0.15) is 18.9 Å². The van der Waals surface area contributed by atoms with Crippen LogP contribution in [0.4, 0.5) is 15.0 Å². The van der Waals surface area contributed by atoms with Crippen molar-refractivity contribution < 1.29 is 9.18 Å². The van der Waals surface area contributed by atoms with Crippen LogP contribution in [0.2, 0.25) is 5.02 Å². The SMILES string of the molecule is CN(C)C(=O)N1CCC(n2cc(-c3cnc(N)c(-c4cc5c(Cl)ccc(F)c5cn4)c3)cn2)CC1. The number of likely N-dealkylation sites (tertiary alicyclic amines) is 1. The van der Waals surface area contributed by atoms with Gasteiger partial charge in [0.1, 0.15) is 11.6 Å². The van der Waals surface area contributed by atoms with Gasteiger partial charge in [0, 0.05) is 78.3 Å². The molecular weight excluding hydrogens is 469 g/mol. The van der Waals surface area contributed by atoms with E-state index in [1.807, 2.05) is 21.8 Å². The van der Waals surface area contributed by atoms with Crippen LogP contribution >= 0.6 is 11.6 Å². The van der Waals surface area contributed by atoms with E-state index in [0.717, 1.165) is 24.0 Å². The number of pyridine rings is 2. The van der Waals surface area contributed by atoms with Crippen molar-refractivity contribution in [1.82, 2.24) is 29.5 Å². The Morgan fingerprint density at radius 1 is 1.09 bits per heavy atom. The second kappa shape index (κ2) is 9.14. The van der Waals surface area contributed by atoms with Crippen molar-refractivity contribution >= 4 is 34.2 Å². The molecule has 1 aliphatic rings. The van der Waals surface area contributed by atoms with Gasteiger partial charge in [0.05, 0.1) is 17.9 Å². The van der Waals surface area contributed by atoms with Crippen LogP contribution in [-0.4, -0.2) is 62.8 Å². The lowest BCUT2D eigenvalue weighted by Crippen LogP contribution is -2.44. The largest absolute Gasteiger partial charge is 0.383 e. The fourth-order valence-electron chi connectivity index (χ4n) is 4.45. The van der Waals surface area contributed by atoms with Gasteiger partial charge in [-0.15, -0.1) is 0 Å². The van der Waals surface area contributed by atoms with Crippen LogP contribution in [0.15, 0.2) is 49.1 Å². The van der Waals surface area contributed by atoms with Gasteiger partial charge in [-0.2, -0.15) is 5.10 Å². The third-order valence-electron chi connectivity index (χ3n) is 6.42. The topological polar surface area (TPSA) is 93.2 Å². The number of carbonyl (C=O) groups excluding carboxylic acids is 1.